The topological polar surface area (TPSA) is 28.2 Å². The molecule has 1 fully saturated rings. The van der Waals surface area contributed by atoms with Crippen LogP contribution in [0.1, 0.15) is 45.3 Å². The second kappa shape index (κ2) is 4.91. The summed E-state index contributed by atoms with van der Waals surface area (Å²) in [6, 6.07) is 0. The molecule has 0 aromatic carbocycles. The SMILES string of the molecule is CC(C)(C)c1csc(C(C)(C)N2CCNCC2)n1. The van der Waals surface area contributed by atoms with Gasteiger partial charge < -0.3 is 5.32 Å². The molecule has 0 amide bonds. The zero-order chi connectivity index (χ0) is 13.4. The van der Waals surface area contributed by atoms with E-state index in [4.69, 9.17) is 4.98 Å². The summed E-state index contributed by atoms with van der Waals surface area (Å²) in [4.78, 5) is 7.42. The predicted molar refractivity (Wildman–Crippen MR) is 78.3 cm³/mol. The molecule has 0 saturated carbocycles. The molecule has 18 heavy (non-hydrogen) atoms. The third-order valence-electron chi connectivity index (χ3n) is 3.70. The van der Waals surface area contributed by atoms with E-state index in [-0.39, 0.29) is 11.0 Å². The molecular formula is C14H25N3S. The van der Waals surface area contributed by atoms with Crippen LogP contribution in [0.3, 0.4) is 0 Å². The molecule has 1 aliphatic heterocycles. The summed E-state index contributed by atoms with van der Waals surface area (Å²) in [6.45, 7) is 15.7. The number of aromatic nitrogens is 1. The molecule has 1 saturated heterocycles. The molecule has 102 valence electrons. The van der Waals surface area contributed by atoms with E-state index in [1.54, 1.807) is 11.3 Å². The van der Waals surface area contributed by atoms with Gasteiger partial charge in [0, 0.05) is 37.0 Å². The maximum Gasteiger partial charge on any atom is 0.113 e. The highest BCUT2D eigenvalue weighted by Gasteiger charge is 2.33. The van der Waals surface area contributed by atoms with Gasteiger partial charge in [0.15, 0.2) is 0 Å². The number of piperazine rings is 1. The molecule has 0 radical (unpaired) electrons. The molecule has 4 heteroatoms. The first-order chi connectivity index (χ1) is 8.32. The lowest BCUT2D eigenvalue weighted by Gasteiger charge is -2.39. The van der Waals surface area contributed by atoms with Gasteiger partial charge in [-0.15, -0.1) is 11.3 Å². The zero-order valence-electron chi connectivity index (χ0n) is 12.2. The Morgan fingerprint density at radius 2 is 1.78 bits per heavy atom. The van der Waals surface area contributed by atoms with Crippen molar-refractivity contribution in [3.05, 3.63) is 16.1 Å². The predicted octanol–water partition coefficient (Wildman–Crippen LogP) is 2.58. The van der Waals surface area contributed by atoms with E-state index < -0.39 is 0 Å². The Labute approximate surface area is 115 Å². The molecule has 1 aliphatic rings. The molecule has 1 aromatic heterocycles. The second-order valence-electron chi connectivity index (χ2n) is 6.58. The molecule has 1 aromatic rings. The molecular weight excluding hydrogens is 242 g/mol. The third-order valence-corrected chi connectivity index (χ3v) is 4.86. The fourth-order valence-corrected chi connectivity index (χ4v) is 3.46. The van der Waals surface area contributed by atoms with E-state index in [1.807, 2.05) is 0 Å². The summed E-state index contributed by atoms with van der Waals surface area (Å²) >= 11 is 1.80. The molecule has 0 unspecified atom stereocenters. The van der Waals surface area contributed by atoms with Crippen LogP contribution in [0.2, 0.25) is 0 Å². The Balaban J connectivity index is 2.21. The van der Waals surface area contributed by atoms with Gasteiger partial charge in [0.05, 0.1) is 11.2 Å². The summed E-state index contributed by atoms with van der Waals surface area (Å²) in [5.41, 5.74) is 1.41. The van der Waals surface area contributed by atoms with E-state index in [2.05, 4.69) is 50.2 Å². The molecule has 0 spiro atoms. The van der Waals surface area contributed by atoms with Crippen molar-refractivity contribution in [1.82, 2.24) is 15.2 Å². The first-order valence-corrected chi connectivity index (χ1v) is 7.62. The average molecular weight is 267 g/mol. The van der Waals surface area contributed by atoms with E-state index >= 15 is 0 Å². The summed E-state index contributed by atoms with van der Waals surface area (Å²) < 4.78 is 0. The van der Waals surface area contributed by atoms with Gasteiger partial charge in [-0.1, -0.05) is 20.8 Å². The molecule has 0 atom stereocenters. The standard InChI is InChI=1S/C14H25N3S/c1-13(2,3)11-10-18-12(16-11)14(4,5)17-8-6-15-7-9-17/h10,15H,6-9H2,1-5H3. The number of nitrogens with one attached hydrogen (secondary N) is 1. The maximum absolute atomic E-state index is 4.88. The van der Waals surface area contributed by atoms with Crippen molar-refractivity contribution in [2.45, 2.75) is 45.6 Å². The Kier molecular flexibility index (Phi) is 3.81. The van der Waals surface area contributed by atoms with Crippen molar-refractivity contribution < 1.29 is 0 Å². The highest BCUT2D eigenvalue weighted by Crippen LogP contribution is 2.33. The van der Waals surface area contributed by atoms with Crippen LogP contribution in [0.5, 0.6) is 0 Å². The minimum absolute atomic E-state index is 0.0519. The normalized spacial score (nSPS) is 19.2. The minimum atomic E-state index is 0.0519. The number of thiazole rings is 1. The van der Waals surface area contributed by atoms with Gasteiger partial charge in [-0.25, -0.2) is 4.98 Å². The van der Waals surface area contributed by atoms with Crippen molar-refractivity contribution in [3.63, 3.8) is 0 Å². The number of hydrogen-bond donors (Lipinski definition) is 1. The Hall–Kier alpha value is -0.450. The molecule has 0 bridgehead atoms. The highest BCUT2D eigenvalue weighted by atomic mass is 32.1. The van der Waals surface area contributed by atoms with Gasteiger partial charge in [0.25, 0.3) is 0 Å². The van der Waals surface area contributed by atoms with Crippen molar-refractivity contribution in [2.75, 3.05) is 26.2 Å². The van der Waals surface area contributed by atoms with Crippen LogP contribution < -0.4 is 5.32 Å². The number of rotatable bonds is 2. The fraction of sp³-hybridized carbons (Fsp3) is 0.786. The van der Waals surface area contributed by atoms with Gasteiger partial charge >= 0.3 is 0 Å². The molecule has 0 aliphatic carbocycles. The lowest BCUT2D eigenvalue weighted by atomic mass is 9.93. The second-order valence-corrected chi connectivity index (χ2v) is 7.44. The fourth-order valence-electron chi connectivity index (χ4n) is 2.26. The van der Waals surface area contributed by atoms with Crippen LogP contribution in [0.25, 0.3) is 0 Å². The molecule has 2 rings (SSSR count). The lowest BCUT2D eigenvalue weighted by molar-refractivity contribution is 0.102. The number of nitrogens with zero attached hydrogens (tertiary/aromatic N) is 2. The Morgan fingerprint density at radius 1 is 1.17 bits per heavy atom. The van der Waals surface area contributed by atoms with Crippen molar-refractivity contribution in [3.8, 4) is 0 Å². The quantitative estimate of drug-likeness (QED) is 0.892. The molecule has 3 nitrogen and oxygen atoms in total. The molecule has 1 N–H and O–H groups in total. The van der Waals surface area contributed by atoms with Crippen molar-refractivity contribution in [1.29, 1.82) is 0 Å². The lowest BCUT2D eigenvalue weighted by Crippen LogP contribution is -2.51. The Morgan fingerprint density at radius 3 is 2.28 bits per heavy atom. The van der Waals surface area contributed by atoms with Crippen LogP contribution in [-0.2, 0) is 11.0 Å². The third kappa shape index (κ3) is 2.76. The van der Waals surface area contributed by atoms with E-state index in [9.17, 15) is 0 Å². The number of hydrogen-bond acceptors (Lipinski definition) is 4. The van der Waals surface area contributed by atoms with Gasteiger partial charge in [0.1, 0.15) is 5.01 Å². The highest BCUT2D eigenvalue weighted by molar-refractivity contribution is 7.09. The van der Waals surface area contributed by atoms with E-state index in [0.717, 1.165) is 26.2 Å². The monoisotopic (exact) mass is 267 g/mol. The van der Waals surface area contributed by atoms with Gasteiger partial charge in [-0.3, -0.25) is 4.90 Å². The van der Waals surface area contributed by atoms with Crippen LogP contribution in [0, 0.1) is 0 Å². The Bertz CT molecular complexity index is 397. The van der Waals surface area contributed by atoms with Crippen LogP contribution >= 0.6 is 11.3 Å². The van der Waals surface area contributed by atoms with Crippen LogP contribution in [-0.4, -0.2) is 36.1 Å². The summed E-state index contributed by atoms with van der Waals surface area (Å²) in [6.07, 6.45) is 0. The van der Waals surface area contributed by atoms with Crippen LogP contribution in [0.4, 0.5) is 0 Å². The van der Waals surface area contributed by atoms with Crippen LogP contribution in [0.15, 0.2) is 5.38 Å². The van der Waals surface area contributed by atoms with Crippen molar-refractivity contribution >= 4 is 11.3 Å². The summed E-state index contributed by atoms with van der Waals surface area (Å²) in [7, 11) is 0. The van der Waals surface area contributed by atoms with Gasteiger partial charge in [-0.05, 0) is 13.8 Å². The first kappa shape index (κ1) is 14.0. The van der Waals surface area contributed by atoms with Gasteiger partial charge in [-0.2, -0.15) is 0 Å². The van der Waals surface area contributed by atoms with Crippen molar-refractivity contribution in [2.24, 2.45) is 0 Å². The first-order valence-electron chi connectivity index (χ1n) is 6.74. The summed E-state index contributed by atoms with van der Waals surface area (Å²) in [5.74, 6) is 0. The maximum atomic E-state index is 4.88. The minimum Gasteiger partial charge on any atom is -0.314 e. The zero-order valence-corrected chi connectivity index (χ0v) is 13.0. The van der Waals surface area contributed by atoms with E-state index in [0.29, 0.717) is 0 Å². The van der Waals surface area contributed by atoms with E-state index in [1.165, 1.54) is 10.7 Å². The summed E-state index contributed by atoms with van der Waals surface area (Å²) in [5, 5.41) is 6.88. The molecule has 2 heterocycles. The smallest absolute Gasteiger partial charge is 0.113 e. The average Bonchev–Trinajstić information content (AvgIpc) is 2.79. The largest absolute Gasteiger partial charge is 0.314 e. The van der Waals surface area contributed by atoms with Gasteiger partial charge in [0.2, 0.25) is 0 Å².